The van der Waals surface area contributed by atoms with Crippen LogP contribution in [0.2, 0.25) is 0 Å². The summed E-state index contributed by atoms with van der Waals surface area (Å²) in [6.45, 7) is 0. The Bertz CT molecular complexity index is 999. The molecule has 1 heterocycles. The molecule has 3 aromatic rings. The van der Waals surface area contributed by atoms with Crippen molar-refractivity contribution >= 4 is 11.7 Å². The number of aryl methyl sites for hydroxylation is 1. The second-order valence-corrected chi connectivity index (χ2v) is 8.30. The largest absolute Gasteiger partial charge is 0.309 e. The quantitative estimate of drug-likeness (QED) is 0.491. The van der Waals surface area contributed by atoms with Gasteiger partial charge in [0.05, 0.1) is 17.6 Å². The molecule has 0 atom stereocenters. The molecule has 0 spiro atoms. The second kappa shape index (κ2) is 10.3. The molecule has 0 aliphatic heterocycles. The van der Waals surface area contributed by atoms with Gasteiger partial charge in [0, 0.05) is 12.0 Å². The van der Waals surface area contributed by atoms with E-state index in [9.17, 15) is 9.18 Å². The fourth-order valence-electron chi connectivity index (χ4n) is 4.21. The molecule has 0 bridgehead atoms. The fourth-order valence-corrected chi connectivity index (χ4v) is 4.21. The maximum absolute atomic E-state index is 13.3. The van der Waals surface area contributed by atoms with Crippen molar-refractivity contribution in [2.75, 3.05) is 5.32 Å². The summed E-state index contributed by atoms with van der Waals surface area (Å²) in [5, 5.41) is 2.99. The highest BCUT2D eigenvalue weighted by Gasteiger charge is 2.20. The van der Waals surface area contributed by atoms with E-state index in [4.69, 9.17) is 4.98 Å². The Balaban J connectivity index is 1.45. The van der Waals surface area contributed by atoms with E-state index < -0.39 is 0 Å². The number of nitrogens with zero attached hydrogens (tertiary/aromatic N) is 2. The third-order valence-electron chi connectivity index (χ3n) is 5.91. The Morgan fingerprint density at radius 2 is 1.77 bits per heavy atom. The van der Waals surface area contributed by atoms with E-state index in [2.05, 4.69) is 22.4 Å². The fraction of sp³-hybridized carbons (Fsp3) is 0.346. The number of rotatable bonds is 8. The van der Waals surface area contributed by atoms with Gasteiger partial charge in [-0.1, -0.05) is 56.0 Å². The van der Waals surface area contributed by atoms with Crippen molar-refractivity contribution in [3.05, 3.63) is 77.9 Å². The standard InChI is InChI=1S/C26H28FN3O/c27-22-15-13-21(14-16-22)24-18-28-26(23(29-24)17-20-9-4-5-10-20)30-25(31)12-6-11-19-7-2-1-3-8-19/h1-3,7-8,13-16,18,20H,4-6,9-12,17H2,(H,28,30,31). The first-order valence-electron chi connectivity index (χ1n) is 11.1. The number of hydrogen-bond acceptors (Lipinski definition) is 3. The first-order chi connectivity index (χ1) is 15.2. The summed E-state index contributed by atoms with van der Waals surface area (Å²) < 4.78 is 13.3. The number of anilines is 1. The zero-order chi connectivity index (χ0) is 21.5. The molecule has 4 nitrogen and oxygen atoms in total. The van der Waals surface area contributed by atoms with Crippen molar-refractivity contribution in [2.45, 2.75) is 51.4 Å². The van der Waals surface area contributed by atoms with E-state index in [0.717, 1.165) is 30.5 Å². The summed E-state index contributed by atoms with van der Waals surface area (Å²) in [5.74, 6) is 0.823. The van der Waals surface area contributed by atoms with Crippen LogP contribution in [0.5, 0.6) is 0 Å². The van der Waals surface area contributed by atoms with Crippen molar-refractivity contribution in [2.24, 2.45) is 5.92 Å². The highest BCUT2D eigenvalue weighted by atomic mass is 19.1. The number of amides is 1. The van der Waals surface area contributed by atoms with Crippen LogP contribution in [-0.2, 0) is 17.6 Å². The number of hydrogen-bond donors (Lipinski definition) is 1. The van der Waals surface area contributed by atoms with Crippen molar-refractivity contribution in [1.82, 2.24) is 9.97 Å². The molecule has 5 heteroatoms. The van der Waals surface area contributed by atoms with Crippen LogP contribution in [-0.4, -0.2) is 15.9 Å². The summed E-state index contributed by atoms with van der Waals surface area (Å²) in [5.41, 5.74) is 3.59. The molecule has 31 heavy (non-hydrogen) atoms. The molecular formula is C26H28FN3O. The molecule has 2 aromatic carbocycles. The van der Waals surface area contributed by atoms with Gasteiger partial charge in [-0.25, -0.2) is 14.4 Å². The lowest BCUT2D eigenvalue weighted by molar-refractivity contribution is -0.116. The van der Waals surface area contributed by atoms with Gasteiger partial charge in [-0.15, -0.1) is 0 Å². The SMILES string of the molecule is O=C(CCCc1ccccc1)Nc1ncc(-c2ccc(F)cc2)nc1CC1CCCC1. The molecule has 1 aliphatic rings. The highest BCUT2D eigenvalue weighted by Crippen LogP contribution is 2.30. The maximum atomic E-state index is 13.3. The van der Waals surface area contributed by atoms with E-state index in [0.29, 0.717) is 23.9 Å². The molecule has 4 rings (SSSR count). The Morgan fingerprint density at radius 3 is 2.52 bits per heavy atom. The molecular weight excluding hydrogens is 389 g/mol. The first-order valence-corrected chi connectivity index (χ1v) is 11.1. The minimum absolute atomic E-state index is 0.0348. The Morgan fingerprint density at radius 1 is 1.03 bits per heavy atom. The van der Waals surface area contributed by atoms with Gasteiger partial charge in [-0.05, 0) is 55.0 Å². The van der Waals surface area contributed by atoms with Crippen LogP contribution in [0, 0.1) is 11.7 Å². The molecule has 1 saturated carbocycles. The zero-order valence-corrected chi connectivity index (χ0v) is 17.7. The van der Waals surface area contributed by atoms with Crippen LogP contribution < -0.4 is 5.32 Å². The average molecular weight is 418 g/mol. The number of aromatic nitrogens is 2. The number of halogens is 1. The van der Waals surface area contributed by atoms with Gasteiger partial charge < -0.3 is 5.32 Å². The third kappa shape index (κ3) is 5.97. The van der Waals surface area contributed by atoms with Gasteiger partial charge in [-0.2, -0.15) is 0 Å². The number of nitrogens with one attached hydrogen (secondary N) is 1. The number of benzene rings is 2. The van der Waals surface area contributed by atoms with E-state index in [-0.39, 0.29) is 11.7 Å². The predicted molar refractivity (Wildman–Crippen MR) is 121 cm³/mol. The molecule has 1 aliphatic carbocycles. The molecule has 1 aromatic heterocycles. The van der Waals surface area contributed by atoms with E-state index in [1.807, 2.05) is 18.2 Å². The lowest BCUT2D eigenvalue weighted by atomic mass is 10.0. The molecule has 0 saturated heterocycles. The van der Waals surface area contributed by atoms with Gasteiger partial charge in [0.15, 0.2) is 5.82 Å². The van der Waals surface area contributed by atoms with Gasteiger partial charge >= 0.3 is 0 Å². The average Bonchev–Trinajstić information content (AvgIpc) is 3.29. The van der Waals surface area contributed by atoms with Crippen molar-refractivity contribution in [1.29, 1.82) is 0 Å². The summed E-state index contributed by atoms with van der Waals surface area (Å²) in [6, 6.07) is 16.5. The Hall–Kier alpha value is -3.08. The van der Waals surface area contributed by atoms with Gasteiger partial charge in [-0.3, -0.25) is 4.79 Å². The van der Waals surface area contributed by atoms with Crippen molar-refractivity contribution in [3.63, 3.8) is 0 Å². The van der Waals surface area contributed by atoms with Crippen LogP contribution in [0.25, 0.3) is 11.3 Å². The van der Waals surface area contributed by atoms with Crippen molar-refractivity contribution < 1.29 is 9.18 Å². The van der Waals surface area contributed by atoms with E-state index in [1.54, 1.807) is 18.3 Å². The highest BCUT2D eigenvalue weighted by molar-refractivity contribution is 5.90. The molecule has 0 radical (unpaired) electrons. The zero-order valence-electron chi connectivity index (χ0n) is 17.7. The Labute approximate surface area is 183 Å². The number of carbonyl (C=O) groups excluding carboxylic acids is 1. The molecule has 1 amide bonds. The molecule has 160 valence electrons. The smallest absolute Gasteiger partial charge is 0.225 e. The first kappa shape index (κ1) is 21.2. The maximum Gasteiger partial charge on any atom is 0.225 e. The van der Waals surface area contributed by atoms with E-state index in [1.165, 1.54) is 43.4 Å². The monoisotopic (exact) mass is 417 g/mol. The van der Waals surface area contributed by atoms with Gasteiger partial charge in [0.2, 0.25) is 5.91 Å². The van der Waals surface area contributed by atoms with Gasteiger partial charge in [0.25, 0.3) is 0 Å². The van der Waals surface area contributed by atoms with Crippen LogP contribution >= 0.6 is 0 Å². The Kier molecular flexibility index (Phi) is 7.03. The van der Waals surface area contributed by atoms with E-state index >= 15 is 0 Å². The minimum atomic E-state index is -0.276. The predicted octanol–water partition coefficient (Wildman–Crippen LogP) is 5.98. The third-order valence-corrected chi connectivity index (χ3v) is 5.91. The topological polar surface area (TPSA) is 54.9 Å². The number of carbonyl (C=O) groups is 1. The lowest BCUT2D eigenvalue weighted by Crippen LogP contribution is -2.16. The second-order valence-electron chi connectivity index (χ2n) is 8.30. The van der Waals surface area contributed by atoms with Crippen LogP contribution in [0.1, 0.15) is 49.8 Å². The summed E-state index contributed by atoms with van der Waals surface area (Å²) in [7, 11) is 0. The molecule has 1 N–H and O–H groups in total. The van der Waals surface area contributed by atoms with Crippen LogP contribution in [0.4, 0.5) is 10.2 Å². The normalized spacial score (nSPS) is 14.0. The molecule has 1 fully saturated rings. The summed E-state index contributed by atoms with van der Waals surface area (Å²) in [4.78, 5) is 21.9. The van der Waals surface area contributed by atoms with Crippen molar-refractivity contribution in [3.8, 4) is 11.3 Å². The lowest BCUT2D eigenvalue weighted by Gasteiger charge is -2.14. The summed E-state index contributed by atoms with van der Waals surface area (Å²) in [6.07, 6.45) is 9.44. The molecule has 0 unspecified atom stereocenters. The van der Waals surface area contributed by atoms with Crippen LogP contribution in [0.3, 0.4) is 0 Å². The summed E-state index contributed by atoms with van der Waals surface area (Å²) >= 11 is 0. The minimum Gasteiger partial charge on any atom is -0.309 e. The van der Waals surface area contributed by atoms with Gasteiger partial charge in [0.1, 0.15) is 5.82 Å². The van der Waals surface area contributed by atoms with Crippen LogP contribution in [0.15, 0.2) is 60.8 Å².